The lowest BCUT2D eigenvalue weighted by atomic mass is 10.2. The summed E-state index contributed by atoms with van der Waals surface area (Å²) in [5.41, 5.74) is 0.793. The van der Waals surface area contributed by atoms with E-state index in [2.05, 4.69) is 15.3 Å². The molecule has 0 aliphatic carbocycles. The molecule has 0 amide bonds. The van der Waals surface area contributed by atoms with Gasteiger partial charge in [0.05, 0.1) is 11.2 Å². The maximum Gasteiger partial charge on any atom is 0.339 e. The summed E-state index contributed by atoms with van der Waals surface area (Å²) in [7, 11) is 0. The molecular weight excluding hydrogens is 269 g/mol. The van der Waals surface area contributed by atoms with Crippen LogP contribution in [0.1, 0.15) is 21.1 Å². The summed E-state index contributed by atoms with van der Waals surface area (Å²) in [4.78, 5) is 19.0. The van der Waals surface area contributed by atoms with E-state index in [1.807, 2.05) is 12.3 Å². The first-order valence-electron chi connectivity index (χ1n) is 5.60. The summed E-state index contributed by atoms with van der Waals surface area (Å²) in [6, 6.07) is 0.950. The molecule has 0 radical (unpaired) electrons. The van der Waals surface area contributed by atoms with Crippen molar-refractivity contribution in [3.8, 4) is 0 Å². The second kappa shape index (κ2) is 5.75. The zero-order chi connectivity index (χ0) is 13.8. The summed E-state index contributed by atoms with van der Waals surface area (Å²) in [5, 5.41) is 14.8. The van der Waals surface area contributed by atoms with Crippen LogP contribution in [0.5, 0.6) is 0 Å². The second-order valence-electron chi connectivity index (χ2n) is 3.91. The van der Waals surface area contributed by atoms with E-state index in [1.54, 1.807) is 11.3 Å². The summed E-state index contributed by atoms with van der Waals surface area (Å²) in [5.74, 6) is -1.71. The van der Waals surface area contributed by atoms with Crippen LogP contribution in [0, 0.1) is 12.7 Å². The molecule has 0 saturated heterocycles. The summed E-state index contributed by atoms with van der Waals surface area (Å²) >= 11 is 1.55. The number of rotatable bonds is 5. The number of halogens is 1. The maximum atomic E-state index is 12.9. The fraction of sp³-hybridized carbons (Fsp3) is 0.250. The molecule has 0 unspecified atom stereocenters. The van der Waals surface area contributed by atoms with Crippen LogP contribution in [0.4, 0.5) is 10.2 Å². The van der Waals surface area contributed by atoms with Gasteiger partial charge in [-0.15, -0.1) is 11.3 Å². The average molecular weight is 281 g/mol. The number of anilines is 1. The van der Waals surface area contributed by atoms with Crippen LogP contribution < -0.4 is 5.32 Å². The minimum atomic E-state index is -1.21. The third kappa shape index (κ3) is 3.47. The largest absolute Gasteiger partial charge is 0.478 e. The van der Waals surface area contributed by atoms with Crippen molar-refractivity contribution in [1.29, 1.82) is 0 Å². The van der Waals surface area contributed by atoms with E-state index < -0.39 is 11.8 Å². The number of hydrogen-bond donors (Lipinski definition) is 2. The van der Waals surface area contributed by atoms with Crippen LogP contribution >= 0.6 is 11.3 Å². The van der Waals surface area contributed by atoms with Crippen LogP contribution in [0.15, 0.2) is 17.6 Å². The number of aromatic nitrogens is 2. The van der Waals surface area contributed by atoms with Gasteiger partial charge < -0.3 is 10.4 Å². The molecule has 0 aromatic carbocycles. The van der Waals surface area contributed by atoms with Crippen LogP contribution in [0.25, 0.3) is 0 Å². The van der Waals surface area contributed by atoms with Gasteiger partial charge in [-0.2, -0.15) is 0 Å². The zero-order valence-corrected chi connectivity index (χ0v) is 11.0. The van der Waals surface area contributed by atoms with Crippen molar-refractivity contribution in [2.45, 2.75) is 13.3 Å². The Kier molecular flexibility index (Phi) is 4.06. The highest BCUT2D eigenvalue weighted by molar-refractivity contribution is 7.09. The molecule has 2 rings (SSSR count). The highest BCUT2D eigenvalue weighted by Crippen LogP contribution is 2.14. The van der Waals surface area contributed by atoms with Gasteiger partial charge in [-0.25, -0.2) is 19.2 Å². The first kappa shape index (κ1) is 13.4. The molecule has 2 aromatic rings. The molecule has 5 nitrogen and oxygen atoms in total. The van der Waals surface area contributed by atoms with Crippen molar-refractivity contribution in [3.05, 3.63) is 39.7 Å². The fourth-order valence-electron chi connectivity index (χ4n) is 1.55. The van der Waals surface area contributed by atoms with Crippen molar-refractivity contribution in [1.82, 2.24) is 9.97 Å². The van der Waals surface area contributed by atoms with E-state index in [0.717, 1.165) is 23.0 Å². The number of nitrogens with one attached hydrogen (secondary N) is 1. The number of pyridine rings is 1. The molecule has 2 heterocycles. The van der Waals surface area contributed by atoms with Crippen molar-refractivity contribution in [3.63, 3.8) is 0 Å². The molecule has 0 fully saturated rings. The molecule has 7 heteroatoms. The molecule has 0 aliphatic rings. The lowest BCUT2D eigenvalue weighted by molar-refractivity contribution is 0.0697. The normalized spacial score (nSPS) is 10.4. The van der Waals surface area contributed by atoms with E-state index >= 15 is 0 Å². The monoisotopic (exact) mass is 281 g/mol. The Morgan fingerprint density at radius 1 is 1.58 bits per heavy atom. The van der Waals surface area contributed by atoms with Gasteiger partial charge in [-0.3, -0.25) is 0 Å². The molecule has 0 spiro atoms. The van der Waals surface area contributed by atoms with Gasteiger partial charge in [0, 0.05) is 24.0 Å². The quantitative estimate of drug-likeness (QED) is 0.879. The Morgan fingerprint density at radius 3 is 3.00 bits per heavy atom. The summed E-state index contributed by atoms with van der Waals surface area (Å²) in [6.45, 7) is 2.41. The molecule has 0 aliphatic heterocycles. The average Bonchev–Trinajstić information content (AvgIpc) is 2.77. The Morgan fingerprint density at radius 2 is 2.37 bits per heavy atom. The predicted molar refractivity (Wildman–Crippen MR) is 70.2 cm³/mol. The lowest BCUT2D eigenvalue weighted by Crippen LogP contribution is -2.11. The number of aryl methyl sites for hydroxylation is 1. The Bertz CT molecular complexity index is 600. The van der Waals surface area contributed by atoms with E-state index in [4.69, 9.17) is 5.11 Å². The third-order valence-corrected chi connectivity index (χ3v) is 3.41. The number of aromatic carboxylic acids is 1. The lowest BCUT2D eigenvalue weighted by Gasteiger charge is -2.07. The highest BCUT2D eigenvalue weighted by atomic mass is 32.1. The standard InChI is InChI=1S/C12H12FN3O2S/c1-7-6-19-10(16-7)2-3-14-11-9(12(17)18)4-8(13)5-15-11/h4-6H,2-3H2,1H3,(H,14,15)(H,17,18). The number of thiazole rings is 1. The molecule has 2 N–H and O–H groups in total. The van der Waals surface area contributed by atoms with Gasteiger partial charge in [0.1, 0.15) is 17.2 Å². The molecule has 19 heavy (non-hydrogen) atoms. The Hall–Kier alpha value is -2.02. The molecule has 0 saturated carbocycles. The van der Waals surface area contributed by atoms with Gasteiger partial charge in [-0.05, 0) is 13.0 Å². The van der Waals surface area contributed by atoms with E-state index in [1.165, 1.54) is 0 Å². The van der Waals surface area contributed by atoms with E-state index in [0.29, 0.717) is 13.0 Å². The third-order valence-electron chi connectivity index (χ3n) is 2.38. The number of hydrogen-bond acceptors (Lipinski definition) is 5. The SMILES string of the molecule is Cc1csc(CCNc2ncc(F)cc2C(=O)O)n1. The minimum Gasteiger partial charge on any atom is -0.478 e. The van der Waals surface area contributed by atoms with E-state index in [-0.39, 0.29) is 11.4 Å². The minimum absolute atomic E-state index is 0.169. The first-order valence-corrected chi connectivity index (χ1v) is 6.48. The molecular formula is C12H12FN3O2S. The van der Waals surface area contributed by atoms with Gasteiger partial charge in [0.2, 0.25) is 0 Å². The molecule has 100 valence electrons. The predicted octanol–water partition coefficient (Wildman–Crippen LogP) is 2.34. The Labute approximate surface area is 113 Å². The number of carboxylic acid groups (broad SMARTS) is 1. The van der Waals surface area contributed by atoms with Crippen LogP contribution in [0.3, 0.4) is 0 Å². The van der Waals surface area contributed by atoms with Crippen molar-refractivity contribution in [2.75, 3.05) is 11.9 Å². The van der Waals surface area contributed by atoms with E-state index in [9.17, 15) is 9.18 Å². The van der Waals surface area contributed by atoms with Crippen LogP contribution in [0.2, 0.25) is 0 Å². The highest BCUT2D eigenvalue weighted by Gasteiger charge is 2.12. The van der Waals surface area contributed by atoms with Crippen LogP contribution in [-0.4, -0.2) is 27.6 Å². The summed E-state index contributed by atoms with van der Waals surface area (Å²) in [6.07, 6.45) is 1.65. The molecule has 0 bridgehead atoms. The fourth-order valence-corrected chi connectivity index (χ4v) is 2.32. The summed E-state index contributed by atoms with van der Waals surface area (Å²) < 4.78 is 12.9. The van der Waals surface area contributed by atoms with Gasteiger partial charge >= 0.3 is 5.97 Å². The maximum absolute atomic E-state index is 12.9. The van der Waals surface area contributed by atoms with Gasteiger partial charge in [0.25, 0.3) is 0 Å². The van der Waals surface area contributed by atoms with Crippen molar-refractivity contribution < 1.29 is 14.3 Å². The van der Waals surface area contributed by atoms with Gasteiger partial charge in [0.15, 0.2) is 0 Å². The smallest absolute Gasteiger partial charge is 0.339 e. The molecule has 2 aromatic heterocycles. The number of carboxylic acids is 1. The van der Waals surface area contributed by atoms with Gasteiger partial charge in [-0.1, -0.05) is 0 Å². The molecule has 0 atom stereocenters. The van der Waals surface area contributed by atoms with Crippen molar-refractivity contribution in [2.24, 2.45) is 0 Å². The number of carbonyl (C=O) groups is 1. The zero-order valence-electron chi connectivity index (χ0n) is 10.2. The van der Waals surface area contributed by atoms with Crippen LogP contribution in [-0.2, 0) is 6.42 Å². The second-order valence-corrected chi connectivity index (χ2v) is 4.86. The number of nitrogens with zero attached hydrogens (tertiary/aromatic N) is 2. The Balaban J connectivity index is 2.01. The topological polar surface area (TPSA) is 75.1 Å². The van der Waals surface area contributed by atoms with Crippen molar-refractivity contribution >= 4 is 23.1 Å². The first-order chi connectivity index (χ1) is 9.06.